The number of aryl methyl sites for hydroxylation is 2. The average molecular weight is 324 g/mol. The Balaban J connectivity index is 1.91. The lowest BCUT2D eigenvalue weighted by molar-refractivity contribution is 0.174. The zero-order chi connectivity index (χ0) is 16.7. The van der Waals surface area contributed by atoms with Gasteiger partial charge in [0.2, 0.25) is 6.79 Å². The van der Waals surface area contributed by atoms with Gasteiger partial charge in [0, 0.05) is 29.9 Å². The van der Waals surface area contributed by atoms with Gasteiger partial charge in [-0.05, 0) is 31.5 Å². The third kappa shape index (κ3) is 2.35. The van der Waals surface area contributed by atoms with E-state index in [-0.39, 0.29) is 6.79 Å². The number of benzene rings is 2. The number of imidazole rings is 1. The van der Waals surface area contributed by atoms with Crippen molar-refractivity contribution in [3.8, 4) is 22.9 Å². The maximum absolute atomic E-state index is 6.08. The Hall–Kier alpha value is -2.73. The first-order chi connectivity index (χ1) is 11.7. The number of rotatable bonds is 4. The molecule has 0 radical (unpaired) electrons. The Bertz CT molecular complexity index is 917. The van der Waals surface area contributed by atoms with Crippen LogP contribution in [0.2, 0.25) is 0 Å². The van der Waals surface area contributed by atoms with Crippen molar-refractivity contribution in [1.82, 2.24) is 9.55 Å². The van der Waals surface area contributed by atoms with Crippen molar-refractivity contribution in [3.05, 3.63) is 35.9 Å². The fourth-order valence-corrected chi connectivity index (χ4v) is 2.99. The lowest BCUT2D eigenvalue weighted by atomic mass is 10.1. The van der Waals surface area contributed by atoms with Crippen molar-refractivity contribution in [3.63, 3.8) is 0 Å². The molecule has 0 spiro atoms. The molecule has 124 valence electrons. The second-order valence-electron chi connectivity index (χ2n) is 5.99. The molecule has 1 aliphatic rings. The standard InChI is InChI=1S/C18H20N4O2/c1-11-3-4-12(7-13(11)20)18-21-14-8-16-17(24-10-23-16)9-15(14)22(18)6-2-5-19/h3-4,7-9H,2,5-6,10,19-20H2,1H3. The number of anilines is 1. The van der Waals surface area contributed by atoms with E-state index in [0.29, 0.717) is 6.54 Å². The normalized spacial score (nSPS) is 12.9. The molecule has 0 fully saturated rings. The molecular formula is C18H20N4O2. The fraction of sp³-hybridized carbons (Fsp3) is 0.278. The first-order valence-corrected chi connectivity index (χ1v) is 8.04. The van der Waals surface area contributed by atoms with Gasteiger partial charge in [0.15, 0.2) is 11.5 Å². The Morgan fingerprint density at radius 2 is 1.96 bits per heavy atom. The van der Waals surface area contributed by atoms with Crippen LogP contribution in [0.4, 0.5) is 5.69 Å². The SMILES string of the molecule is Cc1ccc(-c2nc3cc4c(cc3n2CCCN)OCO4)cc1N. The summed E-state index contributed by atoms with van der Waals surface area (Å²) >= 11 is 0. The highest BCUT2D eigenvalue weighted by Crippen LogP contribution is 2.38. The van der Waals surface area contributed by atoms with E-state index >= 15 is 0 Å². The summed E-state index contributed by atoms with van der Waals surface area (Å²) in [6.45, 7) is 3.66. The number of fused-ring (bicyclic) bond motifs is 2. The lowest BCUT2D eigenvalue weighted by Gasteiger charge is -2.10. The number of nitrogens with two attached hydrogens (primary N) is 2. The van der Waals surface area contributed by atoms with E-state index in [2.05, 4.69) is 4.57 Å². The van der Waals surface area contributed by atoms with E-state index in [1.165, 1.54) is 0 Å². The van der Waals surface area contributed by atoms with Gasteiger partial charge in [-0.15, -0.1) is 0 Å². The van der Waals surface area contributed by atoms with Crippen molar-refractivity contribution < 1.29 is 9.47 Å². The first-order valence-electron chi connectivity index (χ1n) is 8.04. The van der Waals surface area contributed by atoms with Crippen LogP contribution in [0.3, 0.4) is 0 Å². The third-order valence-corrected chi connectivity index (χ3v) is 4.37. The molecule has 2 heterocycles. The van der Waals surface area contributed by atoms with Gasteiger partial charge in [0.05, 0.1) is 11.0 Å². The molecule has 0 atom stereocenters. The molecule has 0 aliphatic carbocycles. The van der Waals surface area contributed by atoms with E-state index in [0.717, 1.165) is 58.1 Å². The quantitative estimate of drug-likeness (QED) is 0.720. The first kappa shape index (κ1) is 14.8. The van der Waals surface area contributed by atoms with Crippen molar-refractivity contribution in [1.29, 1.82) is 0 Å². The summed E-state index contributed by atoms with van der Waals surface area (Å²) in [4.78, 5) is 4.82. The van der Waals surface area contributed by atoms with Crippen LogP contribution in [0, 0.1) is 6.92 Å². The van der Waals surface area contributed by atoms with E-state index in [1.807, 2.05) is 37.3 Å². The predicted octanol–water partition coefficient (Wildman–Crippen LogP) is 2.67. The molecule has 0 saturated carbocycles. The van der Waals surface area contributed by atoms with Crippen LogP contribution >= 0.6 is 0 Å². The zero-order valence-corrected chi connectivity index (χ0v) is 13.6. The van der Waals surface area contributed by atoms with E-state index in [1.54, 1.807) is 0 Å². The van der Waals surface area contributed by atoms with Gasteiger partial charge in [-0.2, -0.15) is 0 Å². The van der Waals surface area contributed by atoms with Crippen LogP contribution < -0.4 is 20.9 Å². The third-order valence-electron chi connectivity index (χ3n) is 4.37. The summed E-state index contributed by atoms with van der Waals surface area (Å²) < 4.78 is 13.1. The number of aromatic nitrogens is 2. The summed E-state index contributed by atoms with van der Waals surface area (Å²) in [6.07, 6.45) is 0.869. The van der Waals surface area contributed by atoms with Gasteiger partial charge in [-0.3, -0.25) is 0 Å². The molecule has 6 heteroatoms. The second-order valence-corrected chi connectivity index (χ2v) is 5.99. The van der Waals surface area contributed by atoms with Crippen molar-refractivity contribution in [2.75, 3.05) is 19.1 Å². The zero-order valence-electron chi connectivity index (χ0n) is 13.6. The Morgan fingerprint density at radius 1 is 1.17 bits per heavy atom. The summed E-state index contributed by atoms with van der Waals surface area (Å²) in [7, 11) is 0. The molecule has 24 heavy (non-hydrogen) atoms. The molecule has 0 saturated heterocycles. The summed E-state index contributed by atoms with van der Waals surface area (Å²) in [6, 6.07) is 9.95. The Morgan fingerprint density at radius 3 is 2.71 bits per heavy atom. The van der Waals surface area contributed by atoms with Crippen LogP contribution in [0.1, 0.15) is 12.0 Å². The number of nitrogens with zero attached hydrogens (tertiary/aromatic N) is 2. The maximum Gasteiger partial charge on any atom is 0.231 e. The highest BCUT2D eigenvalue weighted by Gasteiger charge is 2.20. The maximum atomic E-state index is 6.08. The van der Waals surface area contributed by atoms with Gasteiger partial charge in [-0.25, -0.2) is 4.98 Å². The molecule has 6 nitrogen and oxygen atoms in total. The second kappa shape index (κ2) is 5.72. The molecule has 2 aromatic carbocycles. The number of nitrogen functional groups attached to an aromatic ring is 1. The molecule has 0 bridgehead atoms. The van der Waals surface area contributed by atoms with Crippen molar-refractivity contribution in [2.45, 2.75) is 19.9 Å². The highest BCUT2D eigenvalue weighted by atomic mass is 16.7. The molecule has 3 aromatic rings. The van der Waals surface area contributed by atoms with Crippen molar-refractivity contribution in [2.24, 2.45) is 5.73 Å². The lowest BCUT2D eigenvalue weighted by Crippen LogP contribution is -2.07. The van der Waals surface area contributed by atoms with Crippen LogP contribution in [0.5, 0.6) is 11.5 Å². The monoisotopic (exact) mass is 324 g/mol. The van der Waals surface area contributed by atoms with Gasteiger partial charge >= 0.3 is 0 Å². The van der Waals surface area contributed by atoms with Gasteiger partial charge < -0.3 is 25.5 Å². The molecule has 1 aromatic heterocycles. The summed E-state index contributed by atoms with van der Waals surface area (Å²) in [5.41, 5.74) is 16.5. The van der Waals surface area contributed by atoms with Gasteiger partial charge in [-0.1, -0.05) is 12.1 Å². The molecule has 1 aliphatic heterocycles. The van der Waals surface area contributed by atoms with E-state index in [4.69, 9.17) is 25.9 Å². The molecule has 0 unspecified atom stereocenters. The minimum absolute atomic E-state index is 0.256. The topological polar surface area (TPSA) is 88.3 Å². The van der Waals surface area contributed by atoms with E-state index in [9.17, 15) is 0 Å². The minimum Gasteiger partial charge on any atom is -0.454 e. The number of hydrogen-bond donors (Lipinski definition) is 2. The Labute approximate surface area is 140 Å². The Kier molecular flexibility index (Phi) is 3.54. The summed E-state index contributed by atoms with van der Waals surface area (Å²) in [5.74, 6) is 2.38. The van der Waals surface area contributed by atoms with Crippen LogP contribution in [-0.4, -0.2) is 22.9 Å². The fourth-order valence-electron chi connectivity index (χ4n) is 2.99. The predicted molar refractivity (Wildman–Crippen MR) is 94.1 cm³/mol. The molecule has 0 amide bonds. The molecule has 4 rings (SSSR count). The molecular weight excluding hydrogens is 304 g/mol. The highest BCUT2D eigenvalue weighted by molar-refractivity contribution is 5.84. The van der Waals surface area contributed by atoms with Crippen LogP contribution in [0.25, 0.3) is 22.4 Å². The smallest absolute Gasteiger partial charge is 0.231 e. The van der Waals surface area contributed by atoms with Gasteiger partial charge in [0.1, 0.15) is 5.82 Å². The largest absolute Gasteiger partial charge is 0.454 e. The number of hydrogen-bond acceptors (Lipinski definition) is 5. The van der Waals surface area contributed by atoms with Gasteiger partial charge in [0.25, 0.3) is 0 Å². The average Bonchev–Trinajstić information content (AvgIpc) is 3.17. The van der Waals surface area contributed by atoms with Crippen LogP contribution in [0.15, 0.2) is 30.3 Å². The van der Waals surface area contributed by atoms with E-state index < -0.39 is 0 Å². The van der Waals surface area contributed by atoms with Crippen molar-refractivity contribution >= 4 is 16.7 Å². The summed E-state index contributed by atoms with van der Waals surface area (Å²) in [5, 5.41) is 0. The molecule has 4 N–H and O–H groups in total. The minimum atomic E-state index is 0.256. The number of ether oxygens (including phenoxy) is 2. The van der Waals surface area contributed by atoms with Crippen LogP contribution in [-0.2, 0) is 6.54 Å².